The van der Waals surface area contributed by atoms with Crippen LogP contribution in [0.5, 0.6) is 11.5 Å². The van der Waals surface area contributed by atoms with Crippen molar-refractivity contribution < 1.29 is 10.2 Å². The number of nitriles is 1. The maximum atomic E-state index is 12.1. The van der Waals surface area contributed by atoms with Gasteiger partial charge in [-0.15, -0.1) is 0 Å². The van der Waals surface area contributed by atoms with Crippen molar-refractivity contribution in [3.8, 4) is 40.1 Å². The number of fused-ring (bicyclic) bond motifs is 3. The van der Waals surface area contributed by atoms with E-state index in [0.29, 0.717) is 49.8 Å². The van der Waals surface area contributed by atoms with Gasteiger partial charge in [0.2, 0.25) is 5.70 Å². The third-order valence-electron chi connectivity index (χ3n) is 13.8. The van der Waals surface area contributed by atoms with E-state index in [1.807, 2.05) is 170 Å². The topological polar surface area (TPSA) is 104 Å². The van der Waals surface area contributed by atoms with Crippen molar-refractivity contribution >= 4 is 79.4 Å². The van der Waals surface area contributed by atoms with Crippen LogP contribution < -0.4 is 32.5 Å². The summed E-state index contributed by atoms with van der Waals surface area (Å²) in [6.07, 6.45) is 0. The van der Waals surface area contributed by atoms with E-state index in [9.17, 15) is 22.0 Å². The molecule has 0 amide bonds. The molecule has 8 aromatic carbocycles. The Labute approximate surface area is 428 Å². The molecule has 2 N–H and O–H groups in total. The van der Waals surface area contributed by atoms with Crippen LogP contribution in [0.1, 0.15) is 11.4 Å². The second-order valence-corrected chi connectivity index (χ2v) is 18.2. The molecule has 0 unspecified atom stereocenters. The summed E-state index contributed by atoms with van der Waals surface area (Å²) in [4.78, 5) is 15.1. The molecule has 0 atom stereocenters. The SMILES string of the molecule is [C-]#[N+]/C(c1ccc2ccccc2n1)=c1\c2c(-c3ccc(O)cc3)n(B(c3ccccc3)c3ccccc3)/c(=C(/C#N)c3ccc4ccccc4n3)c2c(-c2ccc(O)cc2)n1B(c1ccccc1)c1ccccc1. The molecule has 12 aromatic rings. The lowest BCUT2D eigenvalue weighted by molar-refractivity contribution is 0.475. The summed E-state index contributed by atoms with van der Waals surface area (Å²) < 4.78 is 4.51. The normalized spacial score (nSPS) is 12.0. The Kier molecular flexibility index (Phi) is 11.7. The van der Waals surface area contributed by atoms with Crippen molar-refractivity contribution in [2.45, 2.75) is 0 Å². The number of rotatable bonds is 10. The molecule has 0 spiro atoms. The van der Waals surface area contributed by atoms with E-state index in [-0.39, 0.29) is 17.2 Å². The first kappa shape index (κ1) is 45.0. The van der Waals surface area contributed by atoms with E-state index in [1.54, 1.807) is 24.3 Å². The molecule has 0 bridgehead atoms. The number of phenols is 2. The third-order valence-corrected chi connectivity index (χ3v) is 13.8. The Morgan fingerprint density at radius 2 is 0.797 bits per heavy atom. The molecular weight excluding hydrogens is 906 g/mol. The van der Waals surface area contributed by atoms with Gasteiger partial charge in [-0.1, -0.05) is 192 Å². The largest absolute Gasteiger partial charge is 0.508 e. The summed E-state index contributed by atoms with van der Waals surface area (Å²) in [5.74, 6) is 0.167. The first-order valence-electron chi connectivity index (χ1n) is 24.3. The lowest BCUT2D eigenvalue weighted by atomic mass is 9.50. The molecule has 0 aliphatic rings. The third kappa shape index (κ3) is 7.94. The highest BCUT2D eigenvalue weighted by atomic mass is 16.3. The van der Waals surface area contributed by atoms with Crippen LogP contribution in [0.25, 0.3) is 71.2 Å². The van der Waals surface area contributed by atoms with Gasteiger partial charge < -0.3 is 19.2 Å². The van der Waals surface area contributed by atoms with Crippen LogP contribution in [-0.4, -0.2) is 42.8 Å². The molecule has 0 saturated heterocycles. The van der Waals surface area contributed by atoms with Gasteiger partial charge in [0.05, 0.1) is 34.3 Å². The summed E-state index contributed by atoms with van der Waals surface area (Å²) in [6.45, 7) is 8.31. The summed E-state index contributed by atoms with van der Waals surface area (Å²) >= 11 is 0. The van der Waals surface area contributed by atoms with Crippen LogP contribution in [-0.2, 0) is 0 Å². The number of benzene rings is 8. The van der Waals surface area contributed by atoms with E-state index in [2.05, 4.69) is 68.4 Å². The van der Waals surface area contributed by atoms with Gasteiger partial charge in [0.25, 0.3) is 0 Å². The summed E-state index contributed by atoms with van der Waals surface area (Å²) in [6, 6.07) is 81.7. The van der Waals surface area contributed by atoms with Gasteiger partial charge in [-0.25, -0.2) is 9.83 Å². The van der Waals surface area contributed by atoms with Crippen molar-refractivity contribution in [2.75, 3.05) is 0 Å². The van der Waals surface area contributed by atoms with E-state index in [4.69, 9.17) is 9.97 Å². The molecule has 12 rings (SSSR count). The number of pyridine rings is 2. The highest BCUT2D eigenvalue weighted by molar-refractivity contribution is 6.85. The van der Waals surface area contributed by atoms with Crippen molar-refractivity contribution in [2.24, 2.45) is 0 Å². The zero-order valence-corrected chi connectivity index (χ0v) is 39.8. The fourth-order valence-electron chi connectivity index (χ4n) is 10.6. The highest BCUT2D eigenvalue weighted by Gasteiger charge is 2.37. The Balaban J connectivity index is 1.45. The maximum Gasteiger partial charge on any atom is 0.328 e. The summed E-state index contributed by atoms with van der Waals surface area (Å²) in [7, 11) is 0. The van der Waals surface area contributed by atoms with Crippen molar-refractivity contribution in [3.63, 3.8) is 0 Å². The molecule has 8 nitrogen and oxygen atoms in total. The molecule has 0 aliphatic heterocycles. The van der Waals surface area contributed by atoms with E-state index < -0.39 is 13.7 Å². The lowest BCUT2D eigenvalue weighted by Crippen LogP contribution is -2.54. The van der Waals surface area contributed by atoms with E-state index >= 15 is 0 Å². The van der Waals surface area contributed by atoms with Crippen molar-refractivity contribution in [3.05, 3.63) is 276 Å². The quantitative estimate of drug-likeness (QED) is 0.105. The Hall–Kier alpha value is -10.2. The molecule has 4 aromatic heterocycles. The smallest absolute Gasteiger partial charge is 0.328 e. The molecule has 4 heterocycles. The molecule has 10 heteroatoms. The van der Waals surface area contributed by atoms with Crippen LogP contribution in [0.3, 0.4) is 0 Å². The zero-order valence-electron chi connectivity index (χ0n) is 39.8. The summed E-state index contributed by atoms with van der Waals surface area (Å²) in [5, 5.41) is 38.5. The van der Waals surface area contributed by atoms with Crippen molar-refractivity contribution in [1.82, 2.24) is 18.9 Å². The van der Waals surface area contributed by atoms with Gasteiger partial charge in [0.1, 0.15) is 23.1 Å². The Bertz CT molecular complexity index is 3930. The zero-order chi connectivity index (χ0) is 50.1. The van der Waals surface area contributed by atoms with E-state index in [1.165, 1.54) is 0 Å². The van der Waals surface area contributed by atoms with E-state index in [0.717, 1.165) is 54.8 Å². The van der Waals surface area contributed by atoms with Gasteiger partial charge in [0, 0.05) is 38.3 Å². The number of nitrogens with zero attached hydrogens (tertiary/aromatic N) is 6. The first-order chi connectivity index (χ1) is 36.5. The number of hydrogen-bond acceptors (Lipinski definition) is 5. The fraction of sp³-hybridized carbons (Fsp3) is 0. The fourth-order valence-corrected chi connectivity index (χ4v) is 10.6. The minimum atomic E-state index is -0.574. The molecule has 0 fully saturated rings. The predicted octanol–water partition coefficient (Wildman–Crippen LogP) is 9.39. The lowest BCUT2D eigenvalue weighted by Gasteiger charge is -2.24. The average molecular weight is 949 g/mol. The molecule has 0 aliphatic carbocycles. The standard InChI is InChI=1S/C64H42B2N6O2/c1-68-60(57-41-35-44-19-15-17-29-55(44)70-57)64-59-58(61(45-30-36-51(73)37-31-45)72(64)66(49-24-10-4-11-25-49)50-26-12-5-13-27-50)63(53(42-67)56-40-34-43-18-14-16-28-54(43)69-56)71(62(59)46-32-38-52(74)39-33-46)65(47-20-6-2-7-21-47)48-22-8-3-9-23-48/h2-41,73-74H/b63-53-,64-60+. The summed E-state index contributed by atoms with van der Waals surface area (Å²) in [5.41, 5.74) is 9.58. The second kappa shape index (κ2) is 19.2. The molecule has 0 radical (unpaired) electrons. The minimum Gasteiger partial charge on any atom is -0.508 e. The number of phenolic OH excluding ortho intramolecular Hbond substituents is 2. The molecule has 0 saturated carbocycles. The Morgan fingerprint density at radius 1 is 0.432 bits per heavy atom. The average Bonchev–Trinajstić information content (AvgIpc) is 3.98. The number of aromatic nitrogens is 4. The van der Waals surface area contributed by atoms with Gasteiger partial charge in [0.15, 0.2) is 0 Å². The van der Waals surface area contributed by atoms with Gasteiger partial charge in [-0.2, -0.15) is 5.26 Å². The van der Waals surface area contributed by atoms with Crippen molar-refractivity contribution in [1.29, 1.82) is 5.26 Å². The van der Waals surface area contributed by atoms with Crippen LogP contribution in [0.15, 0.2) is 243 Å². The van der Waals surface area contributed by atoms with Crippen LogP contribution in [0, 0.1) is 17.9 Å². The van der Waals surface area contributed by atoms with Crippen LogP contribution in [0.2, 0.25) is 0 Å². The molecule has 74 heavy (non-hydrogen) atoms. The monoisotopic (exact) mass is 948 g/mol. The second-order valence-electron chi connectivity index (χ2n) is 18.2. The van der Waals surface area contributed by atoms with Gasteiger partial charge in [-0.05, 0) is 83.9 Å². The van der Waals surface area contributed by atoms with Gasteiger partial charge >= 0.3 is 13.7 Å². The first-order valence-corrected chi connectivity index (χ1v) is 24.3. The highest BCUT2D eigenvalue weighted by Crippen LogP contribution is 2.37. The maximum absolute atomic E-state index is 12.1. The number of hydrogen-bond donors (Lipinski definition) is 2. The molecular formula is C64H42B2N6O2. The minimum absolute atomic E-state index is 0.0835. The number of aromatic hydroxyl groups is 2. The predicted molar refractivity (Wildman–Crippen MR) is 301 cm³/mol. The Morgan fingerprint density at radius 3 is 1.22 bits per heavy atom. The van der Waals surface area contributed by atoms with Gasteiger partial charge in [-0.3, -0.25) is 4.98 Å². The van der Waals surface area contributed by atoms with Crippen LogP contribution >= 0.6 is 0 Å². The molecule has 346 valence electrons. The number of para-hydroxylation sites is 2. The van der Waals surface area contributed by atoms with Crippen LogP contribution in [0.4, 0.5) is 0 Å².